The van der Waals surface area contributed by atoms with Crippen LogP contribution in [0.3, 0.4) is 0 Å². The Bertz CT molecular complexity index is 677. The summed E-state index contributed by atoms with van der Waals surface area (Å²) in [6, 6.07) is 18.0. The lowest BCUT2D eigenvalue weighted by Crippen LogP contribution is -2.34. The summed E-state index contributed by atoms with van der Waals surface area (Å²) >= 11 is 0. The van der Waals surface area contributed by atoms with Gasteiger partial charge in [-0.3, -0.25) is 4.79 Å². The molecule has 1 unspecified atom stereocenters. The van der Waals surface area contributed by atoms with E-state index < -0.39 is 0 Å². The van der Waals surface area contributed by atoms with Gasteiger partial charge in [0.1, 0.15) is 0 Å². The highest BCUT2D eigenvalue weighted by Gasteiger charge is 2.45. The molecule has 3 rings (SSSR count). The topological polar surface area (TPSA) is 55.1 Å². The van der Waals surface area contributed by atoms with Crippen LogP contribution >= 0.6 is 0 Å². The van der Waals surface area contributed by atoms with Crippen LogP contribution in [-0.2, 0) is 10.2 Å². The zero-order valence-corrected chi connectivity index (χ0v) is 13.6. The number of amides is 1. The van der Waals surface area contributed by atoms with Gasteiger partial charge >= 0.3 is 0 Å². The Morgan fingerprint density at radius 2 is 1.78 bits per heavy atom. The van der Waals surface area contributed by atoms with E-state index in [9.17, 15) is 4.79 Å². The number of nitrogens with one attached hydrogen (secondary N) is 1. The Morgan fingerprint density at radius 1 is 1.13 bits per heavy atom. The third kappa shape index (κ3) is 3.62. The molecular formula is C20H24N2O. The maximum Gasteiger partial charge on any atom is 0.221 e. The van der Waals surface area contributed by atoms with Gasteiger partial charge in [0.15, 0.2) is 0 Å². The van der Waals surface area contributed by atoms with Crippen LogP contribution in [0.15, 0.2) is 54.6 Å². The fourth-order valence-corrected chi connectivity index (χ4v) is 3.22. The molecule has 0 heterocycles. The molecule has 120 valence electrons. The lowest BCUT2D eigenvalue weighted by Gasteiger charge is -2.20. The molecule has 3 heteroatoms. The Hall–Kier alpha value is -2.13. The SMILES string of the molecule is Cc1ccccc1C1(CNC(=O)CC(N)c2ccccc2)CC1. The largest absolute Gasteiger partial charge is 0.355 e. The van der Waals surface area contributed by atoms with Crippen molar-refractivity contribution in [3.05, 3.63) is 71.3 Å². The number of carbonyl (C=O) groups excluding carboxylic acids is 1. The second kappa shape index (κ2) is 6.55. The van der Waals surface area contributed by atoms with E-state index in [2.05, 4.69) is 36.5 Å². The fourth-order valence-electron chi connectivity index (χ4n) is 3.22. The molecule has 0 bridgehead atoms. The van der Waals surface area contributed by atoms with Crippen molar-refractivity contribution in [3.8, 4) is 0 Å². The van der Waals surface area contributed by atoms with Gasteiger partial charge in [0, 0.05) is 24.4 Å². The molecule has 0 saturated heterocycles. The summed E-state index contributed by atoms with van der Waals surface area (Å²) in [5.74, 6) is 0.0289. The molecule has 1 aliphatic carbocycles. The molecule has 1 atom stereocenters. The number of hydrogen-bond donors (Lipinski definition) is 2. The number of benzene rings is 2. The van der Waals surface area contributed by atoms with E-state index in [-0.39, 0.29) is 17.4 Å². The molecule has 1 aliphatic rings. The first kappa shape index (κ1) is 15.8. The average Bonchev–Trinajstić information content (AvgIpc) is 3.35. The van der Waals surface area contributed by atoms with Crippen LogP contribution in [0.25, 0.3) is 0 Å². The molecule has 0 aliphatic heterocycles. The molecule has 23 heavy (non-hydrogen) atoms. The first-order chi connectivity index (χ1) is 11.1. The molecular weight excluding hydrogens is 284 g/mol. The first-order valence-corrected chi connectivity index (χ1v) is 8.24. The van der Waals surface area contributed by atoms with Crippen LogP contribution in [0.1, 0.15) is 42.0 Å². The molecule has 0 aromatic heterocycles. The third-order valence-electron chi connectivity index (χ3n) is 4.83. The summed E-state index contributed by atoms with van der Waals surface area (Å²) in [5, 5.41) is 3.09. The molecule has 1 amide bonds. The van der Waals surface area contributed by atoms with Crippen molar-refractivity contribution in [2.75, 3.05) is 6.54 Å². The van der Waals surface area contributed by atoms with E-state index in [0.717, 1.165) is 18.4 Å². The molecule has 2 aromatic carbocycles. The Morgan fingerprint density at radius 3 is 2.43 bits per heavy atom. The summed E-state index contributed by atoms with van der Waals surface area (Å²) in [6.07, 6.45) is 2.61. The smallest absolute Gasteiger partial charge is 0.221 e. The lowest BCUT2D eigenvalue weighted by molar-refractivity contribution is -0.121. The second-order valence-corrected chi connectivity index (χ2v) is 6.59. The van der Waals surface area contributed by atoms with Gasteiger partial charge in [0.25, 0.3) is 0 Å². The van der Waals surface area contributed by atoms with E-state index in [0.29, 0.717) is 13.0 Å². The monoisotopic (exact) mass is 308 g/mol. The molecule has 0 radical (unpaired) electrons. The van der Waals surface area contributed by atoms with Gasteiger partial charge in [-0.15, -0.1) is 0 Å². The van der Waals surface area contributed by atoms with Gasteiger partial charge < -0.3 is 11.1 Å². The first-order valence-electron chi connectivity index (χ1n) is 8.24. The summed E-state index contributed by atoms with van der Waals surface area (Å²) in [7, 11) is 0. The van der Waals surface area contributed by atoms with Crippen LogP contribution in [0.2, 0.25) is 0 Å². The van der Waals surface area contributed by atoms with Crippen LogP contribution < -0.4 is 11.1 Å². The standard InChI is InChI=1S/C20H24N2O/c1-15-7-5-6-10-17(15)20(11-12-20)14-22-19(23)13-18(21)16-8-3-2-4-9-16/h2-10,18H,11-14,21H2,1H3,(H,22,23). The van der Waals surface area contributed by atoms with Crippen LogP contribution in [0, 0.1) is 6.92 Å². The number of carbonyl (C=O) groups is 1. The molecule has 3 N–H and O–H groups in total. The van der Waals surface area contributed by atoms with Crippen molar-refractivity contribution in [3.63, 3.8) is 0 Å². The van der Waals surface area contributed by atoms with Crippen LogP contribution in [-0.4, -0.2) is 12.5 Å². The summed E-state index contributed by atoms with van der Waals surface area (Å²) in [6.45, 7) is 2.85. The van der Waals surface area contributed by atoms with E-state index in [1.54, 1.807) is 0 Å². The molecule has 1 saturated carbocycles. The van der Waals surface area contributed by atoms with Gasteiger partial charge in [-0.25, -0.2) is 0 Å². The zero-order valence-electron chi connectivity index (χ0n) is 13.6. The average molecular weight is 308 g/mol. The number of nitrogens with two attached hydrogens (primary N) is 1. The summed E-state index contributed by atoms with van der Waals surface area (Å²) < 4.78 is 0. The van der Waals surface area contributed by atoms with E-state index >= 15 is 0 Å². The van der Waals surface area contributed by atoms with Crippen molar-refractivity contribution < 1.29 is 4.79 Å². The van der Waals surface area contributed by atoms with Crippen molar-refractivity contribution in [2.45, 2.75) is 37.6 Å². The van der Waals surface area contributed by atoms with Crippen LogP contribution in [0.5, 0.6) is 0 Å². The molecule has 1 fully saturated rings. The van der Waals surface area contributed by atoms with Gasteiger partial charge in [-0.2, -0.15) is 0 Å². The Balaban J connectivity index is 1.56. The highest BCUT2D eigenvalue weighted by atomic mass is 16.1. The quantitative estimate of drug-likeness (QED) is 0.861. The Labute approximate surface area is 137 Å². The van der Waals surface area contributed by atoms with Gasteiger partial charge in [0.2, 0.25) is 5.91 Å². The fraction of sp³-hybridized carbons (Fsp3) is 0.350. The second-order valence-electron chi connectivity index (χ2n) is 6.59. The summed E-state index contributed by atoms with van der Waals surface area (Å²) in [5.41, 5.74) is 9.94. The van der Waals surface area contributed by atoms with E-state index in [1.807, 2.05) is 30.3 Å². The van der Waals surface area contributed by atoms with Gasteiger partial charge in [-0.1, -0.05) is 54.6 Å². The highest BCUT2D eigenvalue weighted by Crippen LogP contribution is 2.48. The number of aryl methyl sites for hydroxylation is 1. The maximum atomic E-state index is 12.2. The normalized spacial score (nSPS) is 16.6. The predicted octanol–water partition coefficient (Wildman–Crippen LogP) is 3.23. The van der Waals surface area contributed by atoms with Crippen molar-refractivity contribution >= 4 is 5.91 Å². The minimum Gasteiger partial charge on any atom is -0.355 e. The molecule has 2 aromatic rings. The number of rotatable bonds is 6. The van der Waals surface area contributed by atoms with Crippen LogP contribution in [0.4, 0.5) is 0 Å². The summed E-state index contributed by atoms with van der Waals surface area (Å²) in [4.78, 5) is 12.2. The van der Waals surface area contributed by atoms with Crippen molar-refractivity contribution in [1.82, 2.24) is 5.32 Å². The molecule has 0 spiro atoms. The lowest BCUT2D eigenvalue weighted by atomic mass is 9.92. The minimum atomic E-state index is -0.246. The highest BCUT2D eigenvalue weighted by molar-refractivity contribution is 5.77. The van der Waals surface area contributed by atoms with E-state index in [4.69, 9.17) is 5.73 Å². The zero-order chi connectivity index (χ0) is 16.3. The predicted molar refractivity (Wildman–Crippen MR) is 93.1 cm³/mol. The van der Waals surface area contributed by atoms with Crippen molar-refractivity contribution in [2.24, 2.45) is 5.73 Å². The minimum absolute atomic E-state index is 0.0289. The number of hydrogen-bond acceptors (Lipinski definition) is 2. The molecule has 3 nitrogen and oxygen atoms in total. The van der Waals surface area contributed by atoms with Gasteiger partial charge in [0.05, 0.1) is 0 Å². The third-order valence-corrected chi connectivity index (χ3v) is 4.83. The van der Waals surface area contributed by atoms with E-state index in [1.165, 1.54) is 11.1 Å². The van der Waals surface area contributed by atoms with Gasteiger partial charge in [-0.05, 0) is 36.5 Å². The maximum absolute atomic E-state index is 12.2. The Kier molecular flexibility index (Phi) is 4.49. The van der Waals surface area contributed by atoms with Crippen molar-refractivity contribution in [1.29, 1.82) is 0 Å².